The number of carboxylic acids is 1. The minimum Gasteiger partial charge on any atom is -0.478 e. The largest absolute Gasteiger partial charge is 0.478 e. The van der Waals surface area contributed by atoms with Gasteiger partial charge in [0.15, 0.2) is 0 Å². The van der Waals surface area contributed by atoms with Crippen molar-refractivity contribution in [2.45, 2.75) is 0 Å². The molecule has 2 rings (SSSR count). The van der Waals surface area contributed by atoms with Crippen LogP contribution in [0.5, 0.6) is 0 Å². The number of carboxylic acid groups (broad SMARTS) is 1. The van der Waals surface area contributed by atoms with Crippen LogP contribution in [0.1, 0.15) is 10.4 Å². The third-order valence-electron chi connectivity index (χ3n) is 2.33. The normalized spacial score (nSPS) is 11.9. The first kappa shape index (κ1) is 12.4. The van der Waals surface area contributed by atoms with Crippen LogP contribution in [0, 0.1) is 3.57 Å². The second-order valence-corrected chi connectivity index (χ2v) is 6.59. The monoisotopic (exact) mass is 365 g/mol. The van der Waals surface area contributed by atoms with Gasteiger partial charge in [-0.1, -0.05) is 6.07 Å². The maximum Gasteiger partial charge on any atom is 0.335 e. The van der Waals surface area contributed by atoms with Gasteiger partial charge < -0.3 is 5.11 Å². The summed E-state index contributed by atoms with van der Waals surface area (Å²) in [6, 6.07) is 4.43. The summed E-state index contributed by atoms with van der Waals surface area (Å²) in [7, 11) is -3.43. The summed E-state index contributed by atoms with van der Waals surface area (Å²) in [6.07, 6.45) is 2.56. The van der Waals surface area contributed by atoms with E-state index in [9.17, 15) is 13.2 Å². The van der Waals surface area contributed by atoms with Gasteiger partial charge in [0.05, 0.1) is 17.3 Å². The Bertz CT molecular complexity index is 717. The van der Waals surface area contributed by atoms with Gasteiger partial charge in [0, 0.05) is 15.2 Å². The van der Waals surface area contributed by atoms with E-state index < -0.39 is 16.0 Å². The van der Waals surface area contributed by atoms with Crippen molar-refractivity contribution in [2.75, 3.05) is 6.26 Å². The van der Waals surface area contributed by atoms with Gasteiger partial charge in [0.25, 0.3) is 0 Å². The molecule has 0 fully saturated rings. The minimum absolute atomic E-state index is 0.0666. The Labute approximate surface area is 111 Å². The topological polar surface area (TPSA) is 76.4 Å². The van der Waals surface area contributed by atoms with Crippen LogP contribution in [0.4, 0.5) is 0 Å². The molecule has 7 heteroatoms. The standard InChI is InChI=1S/C10H8INO4S/c1-17(15,16)12-5-8(11)7-3-2-6(10(13)14)4-9(7)12/h2-5H,1H3,(H,13,14). The first-order valence-corrected chi connectivity index (χ1v) is 7.48. The number of hydrogen-bond acceptors (Lipinski definition) is 3. The van der Waals surface area contributed by atoms with Gasteiger partial charge in [-0.2, -0.15) is 0 Å². The summed E-state index contributed by atoms with van der Waals surface area (Å²) in [5.41, 5.74) is 0.453. The van der Waals surface area contributed by atoms with E-state index in [1.54, 1.807) is 6.07 Å². The molecule has 0 radical (unpaired) electrons. The van der Waals surface area contributed by atoms with Crippen LogP contribution in [-0.4, -0.2) is 29.7 Å². The van der Waals surface area contributed by atoms with Crippen LogP contribution in [-0.2, 0) is 10.0 Å². The minimum atomic E-state index is -3.43. The molecule has 0 aliphatic carbocycles. The highest BCUT2D eigenvalue weighted by atomic mass is 127. The summed E-state index contributed by atoms with van der Waals surface area (Å²) >= 11 is 2.02. The molecule has 1 heterocycles. The Morgan fingerprint density at radius 1 is 1.41 bits per heavy atom. The van der Waals surface area contributed by atoms with Crippen molar-refractivity contribution in [3.63, 3.8) is 0 Å². The molecule has 0 bridgehead atoms. The van der Waals surface area contributed by atoms with Gasteiger partial charge in [0.2, 0.25) is 10.0 Å². The zero-order valence-electron chi connectivity index (χ0n) is 8.71. The van der Waals surface area contributed by atoms with E-state index in [4.69, 9.17) is 5.11 Å². The predicted molar refractivity (Wildman–Crippen MR) is 71.9 cm³/mol. The average molecular weight is 365 g/mol. The maximum absolute atomic E-state index is 11.6. The van der Waals surface area contributed by atoms with E-state index in [-0.39, 0.29) is 5.56 Å². The molecule has 0 atom stereocenters. The van der Waals surface area contributed by atoms with Crippen molar-refractivity contribution in [3.8, 4) is 0 Å². The molecule has 0 aliphatic heterocycles. The van der Waals surface area contributed by atoms with Gasteiger partial charge >= 0.3 is 5.97 Å². The molecule has 17 heavy (non-hydrogen) atoms. The second-order valence-electron chi connectivity index (χ2n) is 3.57. The first-order valence-electron chi connectivity index (χ1n) is 4.55. The average Bonchev–Trinajstić information content (AvgIpc) is 2.55. The number of halogens is 1. The van der Waals surface area contributed by atoms with E-state index >= 15 is 0 Å². The molecular weight excluding hydrogens is 357 g/mol. The number of aromatic nitrogens is 1. The number of rotatable bonds is 2. The van der Waals surface area contributed by atoms with Crippen molar-refractivity contribution in [2.24, 2.45) is 0 Å². The predicted octanol–water partition coefficient (Wildman–Crippen LogP) is 1.75. The zero-order valence-corrected chi connectivity index (χ0v) is 11.7. The molecule has 0 aliphatic rings. The lowest BCUT2D eigenvalue weighted by molar-refractivity contribution is 0.0697. The fourth-order valence-electron chi connectivity index (χ4n) is 1.57. The third kappa shape index (κ3) is 2.16. The molecule has 1 N–H and O–H groups in total. The smallest absolute Gasteiger partial charge is 0.335 e. The molecule has 5 nitrogen and oxygen atoms in total. The van der Waals surface area contributed by atoms with E-state index in [2.05, 4.69) is 0 Å². The second kappa shape index (κ2) is 3.98. The van der Waals surface area contributed by atoms with Gasteiger partial charge in [-0.15, -0.1) is 0 Å². The maximum atomic E-state index is 11.6. The quantitative estimate of drug-likeness (QED) is 0.823. The lowest BCUT2D eigenvalue weighted by Gasteiger charge is -2.02. The number of aromatic carboxylic acids is 1. The van der Waals surface area contributed by atoms with E-state index in [1.165, 1.54) is 18.3 Å². The number of carbonyl (C=O) groups is 1. The fourth-order valence-corrected chi connectivity index (χ4v) is 3.29. The Balaban J connectivity index is 2.87. The van der Waals surface area contributed by atoms with Gasteiger partial charge in [-0.05, 0) is 34.7 Å². The number of fused-ring (bicyclic) bond motifs is 1. The Kier molecular flexibility index (Phi) is 2.90. The van der Waals surface area contributed by atoms with Crippen LogP contribution in [0.25, 0.3) is 10.9 Å². The van der Waals surface area contributed by atoms with Crippen LogP contribution in [0.2, 0.25) is 0 Å². The molecule has 0 saturated carbocycles. The highest BCUT2D eigenvalue weighted by molar-refractivity contribution is 14.1. The fraction of sp³-hybridized carbons (Fsp3) is 0.100. The Morgan fingerprint density at radius 2 is 2.06 bits per heavy atom. The van der Waals surface area contributed by atoms with E-state index in [1.807, 2.05) is 22.6 Å². The Morgan fingerprint density at radius 3 is 2.59 bits per heavy atom. The molecule has 2 aromatic rings. The summed E-state index contributed by atoms with van der Waals surface area (Å²) in [4.78, 5) is 10.9. The zero-order chi connectivity index (χ0) is 12.8. The van der Waals surface area contributed by atoms with E-state index in [0.717, 1.165) is 19.2 Å². The van der Waals surface area contributed by atoms with Crippen LogP contribution >= 0.6 is 22.6 Å². The molecule has 0 unspecified atom stereocenters. The van der Waals surface area contributed by atoms with Gasteiger partial charge in [-0.3, -0.25) is 0 Å². The molecule has 1 aromatic carbocycles. The van der Waals surface area contributed by atoms with Gasteiger partial charge in [-0.25, -0.2) is 17.2 Å². The highest BCUT2D eigenvalue weighted by Crippen LogP contribution is 2.25. The molecule has 0 saturated heterocycles. The SMILES string of the molecule is CS(=O)(=O)n1cc(I)c2ccc(C(=O)O)cc21. The lowest BCUT2D eigenvalue weighted by Crippen LogP contribution is -2.08. The molecule has 0 amide bonds. The number of nitrogens with zero attached hydrogens (tertiary/aromatic N) is 1. The van der Waals surface area contributed by atoms with Crippen molar-refractivity contribution >= 4 is 49.5 Å². The molecule has 1 aromatic heterocycles. The number of benzene rings is 1. The molecular formula is C10H8INO4S. The van der Waals surface area contributed by atoms with Crippen molar-refractivity contribution < 1.29 is 18.3 Å². The summed E-state index contributed by atoms with van der Waals surface area (Å²) in [5.74, 6) is -1.08. The first-order chi connectivity index (χ1) is 7.80. The van der Waals surface area contributed by atoms with Crippen molar-refractivity contribution in [1.29, 1.82) is 0 Å². The van der Waals surface area contributed by atoms with Crippen LogP contribution in [0.15, 0.2) is 24.4 Å². The summed E-state index contributed by atoms with van der Waals surface area (Å²) < 4.78 is 25.0. The van der Waals surface area contributed by atoms with Crippen LogP contribution in [0.3, 0.4) is 0 Å². The van der Waals surface area contributed by atoms with Crippen molar-refractivity contribution in [3.05, 3.63) is 33.5 Å². The molecule has 90 valence electrons. The highest BCUT2D eigenvalue weighted by Gasteiger charge is 2.15. The summed E-state index contributed by atoms with van der Waals surface area (Å²) in [6.45, 7) is 0. The third-order valence-corrected chi connectivity index (χ3v) is 4.20. The van der Waals surface area contributed by atoms with Gasteiger partial charge in [0.1, 0.15) is 0 Å². The Hall–Kier alpha value is -1.09. The summed E-state index contributed by atoms with van der Waals surface area (Å²) in [5, 5.41) is 9.61. The van der Waals surface area contributed by atoms with Crippen LogP contribution < -0.4 is 0 Å². The molecule has 0 spiro atoms. The van der Waals surface area contributed by atoms with E-state index in [0.29, 0.717) is 5.52 Å². The van der Waals surface area contributed by atoms with Crippen molar-refractivity contribution in [1.82, 2.24) is 3.97 Å². The lowest BCUT2D eigenvalue weighted by atomic mass is 10.2. The number of hydrogen-bond donors (Lipinski definition) is 1.